The van der Waals surface area contributed by atoms with Gasteiger partial charge in [0.05, 0.1) is 6.67 Å². The highest BCUT2D eigenvalue weighted by Gasteiger charge is 2.19. The second-order valence-electron chi connectivity index (χ2n) is 7.55. The highest BCUT2D eigenvalue weighted by Crippen LogP contribution is 2.32. The molecule has 1 fully saturated rings. The molecule has 0 aliphatic heterocycles. The van der Waals surface area contributed by atoms with Gasteiger partial charge in [0.25, 0.3) is 0 Å². The number of alkyl halides is 1. The van der Waals surface area contributed by atoms with Crippen LogP contribution in [0.2, 0.25) is 0 Å². The molecule has 0 heterocycles. The maximum atomic E-state index is 13.4. The molecule has 3 rings (SSSR count). The minimum Gasteiger partial charge on any atom is -0.251 e. The van der Waals surface area contributed by atoms with Crippen LogP contribution in [0, 0.1) is 23.5 Å². The van der Waals surface area contributed by atoms with Crippen LogP contribution in [0.4, 0.5) is 13.2 Å². The predicted molar refractivity (Wildman–Crippen MR) is 105 cm³/mol. The Labute approximate surface area is 160 Å². The van der Waals surface area contributed by atoms with Crippen LogP contribution in [0.15, 0.2) is 54.6 Å². The highest BCUT2D eigenvalue weighted by atomic mass is 19.2. The third kappa shape index (κ3) is 5.72. The van der Waals surface area contributed by atoms with Crippen molar-refractivity contribution in [3.05, 3.63) is 71.8 Å². The molecule has 0 N–H and O–H groups in total. The van der Waals surface area contributed by atoms with Gasteiger partial charge in [-0.1, -0.05) is 42.5 Å². The maximum absolute atomic E-state index is 13.4. The fraction of sp³-hybridized carbons (Fsp3) is 0.417. The van der Waals surface area contributed by atoms with E-state index in [9.17, 15) is 13.2 Å². The number of hydrogen-bond donors (Lipinski definition) is 0. The molecule has 0 radical (unpaired) electrons. The first-order chi connectivity index (χ1) is 13.2. The monoisotopic (exact) mass is 372 g/mol. The Morgan fingerprint density at radius 1 is 0.852 bits per heavy atom. The van der Waals surface area contributed by atoms with Crippen molar-refractivity contribution < 1.29 is 13.2 Å². The molecule has 0 spiro atoms. The van der Waals surface area contributed by atoms with E-state index in [1.807, 2.05) is 18.2 Å². The number of benzene rings is 2. The minimum absolute atomic E-state index is 0.263. The lowest BCUT2D eigenvalue weighted by Gasteiger charge is -2.26. The predicted octanol–water partition coefficient (Wildman–Crippen LogP) is 7.29. The number of rotatable bonds is 7. The van der Waals surface area contributed by atoms with Crippen molar-refractivity contribution >= 4 is 0 Å². The summed E-state index contributed by atoms with van der Waals surface area (Å²) in [5.74, 6) is -0.236. The first kappa shape index (κ1) is 19.7. The van der Waals surface area contributed by atoms with E-state index in [1.165, 1.54) is 49.8 Å². The standard InChI is InChI=1S/C24H27F3/c25-16-2-1-3-18-4-6-19(7-5-18)8-9-20-10-12-21(13-11-20)22-14-15-23(26)24(27)17-22/h1,3,10-15,17-19H,2,4-9,16H2. The van der Waals surface area contributed by atoms with Crippen LogP contribution in [0.3, 0.4) is 0 Å². The molecule has 1 aliphatic carbocycles. The Hall–Kier alpha value is -2.03. The molecular formula is C24H27F3. The van der Waals surface area contributed by atoms with E-state index in [2.05, 4.69) is 18.2 Å². The first-order valence-electron chi connectivity index (χ1n) is 9.92. The van der Waals surface area contributed by atoms with Gasteiger partial charge in [0.2, 0.25) is 0 Å². The smallest absolute Gasteiger partial charge is 0.159 e. The molecule has 1 aliphatic rings. The lowest BCUT2D eigenvalue weighted by Crippen LogP contribution is -2.13. The number of halogens is 3. The third-order valence-electron chi connectivity index (χ3n) is 5.62. The highest BCUT2D eigenvalue weighted by molar-refractivity contribution is 5.63. The van der Waals surface area contributed by atoms with Crippen molar-refractivity contribution in [2.24, 2.45) is 11.8 Å². The minimum atomic E-state index is -0.817. The SMILES string of the molecule is FCCC=CC1CCC(CCc2ccc(-c3ccc(F)c(F)c3)cc2)CC1. The van der Waals surface area contributed by atoms with Gasteiger partial charge in [-0.2, -0.15) is 0 Å². The quantitative estimate of drug-likeness (QED) is 0.448. The molecule has 0 saturated heterocycles. The molecular weight excluding hydrogens is 345 g/mol. The van der Waals surface area contributed by atoms with Crippen molar-refractivity contribution in [1.29, 1.82) is 0 Å². The largest absolute Gasteiger partial charge is 0.251 e. The van der Waals surface area contributed by atoms with Crippen molar-refractivity contribution in [3.8, 4) is 11.1 Å². The van der Waals surface area contributed by atoms with Gasteiger partial charge >= 0.3 is 0 Å². The number of allylic oxidation sites excluding steroid dienone is 2. The zero-order chi connectivity index (χ0) is 19.1. The number of aryl methyl sites for hydroxylation is 1. The van der Waals surface area contributed by atoms with Gasteiger partial charge in [0, 0.05) is 0 Å². The molecule has 0 unspecified atom stereocenters. The molecule has 2 aromatic carbocycles. The van der Waals surface area contributed by atoms with Gasteiger partial charge in [0.15, 0.2) is 11.6 Å². The van der Waals surface area contributed by atoms with Crippen LogP contribution < -0.4 is 0 Å². The van der Waals surface area contributed by atoms with E-state index in [1.54, 1.807) is 6.07 Å². The normalized spacial score (nSPS) is 20.3. The van der Waals surface area contributed by atoms with Crippen LogP contribution in [-0.2, 0) is 6.42 Å². The molecule has 0 atom stereocenters. The van der Waals surface area contributed by atoms with Crippen LogP contribution in [0.1, 0.15) is 44.1 Å². The molecule has 144 valence electrons. The molecule has 0 bridgehead atoms. The van der Waals surface area contributed by atoms with Crippen LogP contribution in [0.25, 0.3) is 11.1 Å². The Bertz CT molecular complexity index is 741. The lowest BCUT2D eigenvalue weighted by atomic mass is 9.79. The summed E-state index contributed by atoms with van der Waals surface area (Å²) in [6, 6.07) is 12.1. The van der Waals surface area contributed by atoms with E-state index < -0.39 is 11.6 Å². The summed E-state index contributed by atoms with van der Waals surface area (Å²) < 4.78 is 38.6. The molecule has 27 heavy (non-hydrogen) atoms. The van der Waals surface area contributed by atoms with Crippen molar-refractivity contribution in [1.82, 2.24) is 0 Å². The topological polar surface area (TPSA) is 0 Å². The Kier molecular flexibility index (Phi) is 7.14. The zero-order valence-electron chi connectivity index (χ0n) is 15.6. The summed E-state index contributed by atoms with van der Waals surface area (Å²) in [7, 11) is 0. The van der Waals surface area contributed by atoms with Crippen LogP contribution in [-0.4, -0.2) is 6.67 Å². The average Bonchev–Trinajstić information content (AvgIpc) is 2.70. The van der Waals surface area contributed by atoms with Gasteiger partial charge in [-0.3, -0.25) is 4.39 Å². The summed E-state index contributed by atoms with van der Waals surface area (Å²) in [5, 5.41) is 0. The second kappa shape index (κ2) is 9.77. The summed E-state index contributed by atoms with van der Waals surface area (Å²) >= 11 is 0. The second-order valence-corrected chi connectivity index (χ2v) is 7.55. The van der Waals surface area contributed by atoms with Crippen LogP contribution >= 0.6 is 0 Å². The molecule has 0 nitrogen and oxygen atoms in total. The van der Waals surface area contributed by atoms with Gasteiger partial charge in [-0.15, -0.1) is 0 Å². The third-order valence-corrected chi connectivity index (χ3v) is 5.62. The van der Waals surface area contributed by atoms with E-state index >= 15 is 0 Å². The van der Waals surface area contributed by atoms with Gasteiger partial charge < -0.3 is 0 Å². The first-order valence-corrected chi connectivity index (χ1v) is 9.92. The fourth-order valence-corrected chi connectivity index (χ4v) is 3.93. The Morgan fingerprint density at radius 3 is 2.22 bits per heavy atom. The Balaban J connectivity index is 1.47. The Morgan fingerprint density at radius 2 is 1.56 bits per heavy atom. The average molecular weight is 372 g/mol. The molecule has 1 saturated carbocycles. The van der Waals surface area contributed by atoms with Gasteiger partial charge in [0.1, 0.15) is 0 Å². The summed E-state index contributed by atoms with van der Waals surface area (Å²) in [6.07, 6.45) is 11.9. The zero-order valence-corrected chi connectivity index (χ0v) is 15.6. The van der Waals surface area contributed by atoms with Crippen molar-refractivity contribution in [2.75, 3.05) is 6.67 Å². The summed E-state index contributed by atoms with van der Waals surface area (Å²) in [4.78, 5) is 0. The molecule has 3 heteroatoms. The van der Waals surface area contributed by atoms with Crippen LogP contribution in [0.5, 0.6) is 0 Å². The number of hydrogen-bond acceptors (Lipinski definition) is 0. The summed E-state index contributed by atoms with van der Waals surface area (Å²) in [6.45, 7) is -0.263. The maximum Gasteiger partial charge on any atom is 0.159 e. The molecule has 0 aromatic heterocycles. The summed E-state index contributed by atoms with van der Waals surface area (Å²) in [5.41, 5.74) is 2.88. The van der Waals surface area contributed by atoms with E-state index in [-0.39, 0.29) is 6.67 Å². The van der Waals surface area contributed by atoms with E-state index in [0.29, 0.717) is 17.9 Å². The van der Waals surface area contributed by atoms with Crippen molar-refractivity contribution in [3.63, 3.8) is 0 Å². The molecule has 2 aromatic rings. The lowest BCUT2D eigenvalue weighted by molar-refractivity contribution is 0.296. The fourth-order valence-electron chi connectivity index (χ4n) is 3.93. The molecule has 0 amide bonds. The van der Waals surface area contributed by atoms with Gasteiger partial charge in [-0.05, 0) is 85.6 Å². The van der Waals surface area contributed by atoms with Gasteiger partial charge in [-0.25, -0.2) is 8.78 Å². The van der Waals surface area contributed by atoms with E-state index in [4.69, 9.17) is 0 Å². The van der Waals surface area contributed by atoms with E-state index in [0.717, 1.165) is 17.9 Å². The van der Waals surface area contributed by atoms with Crippen molar-refractivity contribution in [2.45, 2.75) is 44.9 Å².